The second-order valence-corrected chi connectivity index (χ2v) is 9.18. The maximum absolute atomic E-state index is 12.6. The molecule has 0 amide bonds. The fourth-order valence-electron chi connectivity index (χ4n) is 2.86. The summed E-state index contributed by atoms with van der Waals surface area (Å²) in [5, 5.41) is 0.228. The van der Waals surface area contributed by atoms with E-state index in [9.17, 15) is 18.0 Å². The van der Waals surface area contributed by atoms with Gasteiger partial charge in [-0.25, -0.2) is 17.9 Å². The van der Waals surface area contributed by atoms with Crippen molar-refractivity contribution in [2.45, 2.75) is 50.6 Å². The van der Waals surface area contributed by atoms with Crippen molar-refractivity contribution in [3.8, 4) is 0 Å². The smallest absolute Gasteiger partial charge is 0.293 e. The summed E-state index contributed by atoms with van der Waals surface area (Å²) < 4.78 is 30.4. The van der Waals surface area contributed by atoms with E-state index in [1.165, 1.54) is 23.7 Å². The molecule has 0 aliphatic heterocycles. The average molecular weight is 365 g/mol. The highest BCUT2D eigenvalue weighted by Crippen LogP contribution is 2.36. The third kappa shape index (κ3) is 3.28. The Bertz CT molecular complexity index is 1060. The zero-order valence-electron chi connectivity index (χ0n) is 14.9. The first-order valence-corrected chi connectivity index (χ1v) is 9.80. The second kappa shape index (κ2) is 5.81. The molecule has 1 aliphatic carbocycles. The monoisotopic (exact) mass is 365 g/mol. The molecule has 0 saturated heterocycles. The molecular weight excluding hydrogens is 342 g/mol. The number of fused-ring (bicyclic) bond motifs is 1. The van der Waals surface area contributed by atoms with E-state index in [-0.39, 0.29) is 16.2 Å². The maximum atomic E-state index is 12.6. The largest absolute Gasteiger partial charge is 0.331 e. The molecule has 0 radical (unpaired) electrons. The van der Waals surface area contributed by atoms with Gasteiger partial charge in [-0.15, -0.1) is 0 Å². The van der Waals surface area contributed by atoms with Crippen LogP contribution in [0.5, 0.6) is 0 Å². The summed E-state index contributed by atoms with van der Waals surface area (Å²) in [6.07, 6.45) is 1.60. The van der Waals surface area contributed by atoms with E-state index in [1.807, 2.05) is 20.8 Å². The quantitative estimate of drug-likeness (QED) is 0.862. The fourth-order valence-corrected chi connectivity index (χ4v) is 4.35. The second-order valence-electron chi connectivity index (χ2n) is 7.50. The van der Waals surface area contributed by atoms with Gasteiger partial charge in [-0.3, -0.25) is 13.9 Å². The first-order chi connectivity index (χ1) is 11.5. The topological polar surface area (TPSA) is 90.2 Å². The van der Waals surface area contributed by atoms with Crippen molar-refractivity contribution in [2.75, 3.05) is 0 Å². The zero-order valence-corrected chi connectivity index (χ0v) is 15.7. The van der Waals surface area contributed by atoms with Gasteiger partial charge in [0.2, 0.25) is 10.0 Å². The van der Waals surface area contributed by atoms with Gasteiger partial charge in [0.1, 0.15) is 0 Å². The molecule has 1 heterocycles. The molecule has 0 atom stereocenters. The normalized spacial score (nSPS) is 16.5. The lowest BCUT2D eigenvalue weighted by Crippen LogP contribution is -2.39. The van der Waals surface area contributed by atoms with Gasteiger partial charge < -0.3 is 0 Å². The lowest BCUT2D eigenvalue weighted by Gasteiger charge is -2.16. The van der Waals surface area contributed by atoms with Crippen molar-refractivity contribution in [3.05, 3.63) is 39.0 Å². The van der Waals surface area contributed by atoms with Crippen LogP contribution >= 0.6 is 0 Å². The highest BCUT2D eigenvalue weighted by Gasteiger charge is 2.41. The Labute approximate surface area is 146 Å². The van der Waals surface area contributed by atoms with Gasteiger partial charge in [-0.2, -0.15) is 0 Å². The van der Waals surface area contributed by atoms with Crippen LogP contribution in [-0.2, 0) is 23.6 Å². The summed E-state index contributed by atoms with van der Waals surface area (Å²) in [5.74, 6) is 0.207. The summed E-state index contributed by atoms with van der Waals surface area (Å²) in [6.45, 7) is 6.25. The van der Waals surface area contributed by atoms with Crippen molar-refractivity contribution in [1.82, 2.24) is 13.9 Å². The van der Waals surface area contributed by atoms with Crippen LogP contribution < -0.4 is 16.0 Å². The highest BCUT2D eigenvalue weighted by atomic mass is 32.2. The summed E-state index contributed by atoms with van der Waals surface area (Å²) in [4.78, 5) is 25.0. The predicted molar refractivity (Wildman–Crippen MR) is 96.2 cm³/mol. The van der Waals surface area contributed by atoms with Crippen molar-refractivity contribution >= 4 is 20.9 Å². The van der Waals surface area contributed by atoms with E-state index in [1.54, 1.807) is 6.07 Å². The molecule has 0 bridgehead atoms. The number of hydrogen-bond donors (Lipinski definition) is 1. The molecule has 1 N–H and O–H groups in total. The number of sulfonamides is 1. The van der Waals surface area contributed by atoms with Crippen molar-refractivity contribution in [3.63, 3.8) is 0 Å². The van der Waals surface area contributed by atoms with Gasteiger partial charge in [-0.1, -0.05) is 13.8 Å². The van der Waals surface area contributed by atoms with Gasteiger partial charge in [0.05, 0.1) is 15.8 Å². The summed E-state index contributed by atoms with van der Waals surface area (Å²) in [7, 11) is -2.30. The molecular formula is C17H23N3O4S. The molecule has 1 fully saturated rings. The van der Waals surface area contributed by atoms with Gasteiger partial charge >= 0.3 is 5.69 Å². The van der Waals surface area contributed by atoms with Crippen LogP contribution in [0.15, 0.2) is 32.7 Å². The van der Waals surface area contributed by atoms with Gasteiger partial charge in [0.25, 0.3) is 5.56 Å². The first kappa shape index (κ1) is 17.9. The van der Waals surface area contributed by atoms with Crippen LogP contribution in [0.1, 0.15) is 33.6 Å². The standard InChI is InChI=1S/C17H23N3O4S/c1-11(2)10-20-14-6-5-12(25(23,24)18-17(3)7-8-17)9-13(14)15(21)19(4)16(20)22/h5-6,9,11,18H,7-8,10H2,1-4H3. The molecule has 7 nitrogen and oxygen atoms in total. The van der Waals surface area contributed by atoms with Gasteiger partial charge in [0.15, 0.2) is 0 Å². The zero-order chi connectivity index (χ0) is 18.6. The molecule has 3 rings (SSSR count). The van der Waals surface area contributed by atoms with Gasteiger partial charge in [0, 0.05) is 19.1 Å². The molecule has 1 saturated carbocycles. The molecule has 8 heteroatoms. The van der Waals surface area contributed by atoms with E-state index in [0.717, 1.165) is 17.4 Å². The van der Waals surface area contributed by atoms with Crippen molar-refractivity contribution in [2.24, 2.45) is 13.0 Å². The predicted octanol–water partition coefficient (Wildman–Crippen LogP) is 1.19. The molecule has 1 aromatic heterocycles. The molecule has 136 valence electrons. The van der Waals surface area contributed by atoms with Crippen molar-refractivity contribution in [1.29, 1.82) is 0 Å². The lowest BCUT2D eigenvalue weighted by molar-refractivity contribution is 0.502. The Morgan fingerprint density at radius 3 is 2.44 bits per heavy atom. The number of nitrogens with zero attached hydrogens (tertiary/aromatic N) is 2. The SMILES string of the molecule is CC(C)Cn1c(=O)n(C)c(=O)c2cc(S(=O)(=O)NC3(C)CC3)ccc21. The van der Waals surface area contributed by atoms with E-state index in [4.69, 9.17) is 0 Å². The van der Waals surface area contributed by atoms with Crippen LogP contribution in [0.25, 0.3) is 10.9 Å². The van der Waals surface area contributed by atoms with Gasteiger partial charge in [-0.05, 0) is 43.9 Å². The Balaban J connectivity index is 2.21. The fraction of sp³-hybridized carbons (Fsp3) is 0.529. The van der Waals surface area contributed by atoms with Crippen LogP contribution in [-0.4, -0.2) is 23.1 Å². The third-order valence-electron chi connectivity index (χ3n) is 4.55. The van der Waals surface area contributed by atoms with E-state index < -0.39 is 26.8 Å². The van der Waals surface area contributed by atoms with E-state index in [2.05, 4.69) is 4.72 Å². The summed E-state index contributed by atoms with van der Waals surface area (Å²) in [5.41, 5.74) is -0.826. The minimum atomic E-state index is -3.71. The Morgan fingerprint density at radius 1 is 1.24 bits per heavy atom. The Morgan fingerprint density at radius 2 is 1.88 bits per heavy atom. The lowest BCUT2D eigenvalue weighted by atomic mass is 10.2. The van der Waals surface area contributed by atoms with Crippen molar-refractivity contribution < 1.29 is 8.42 Å². The maximum Gasteiger partial charge on any atom is 0.331 e. The molecule has 1 aliphatic rings. The van der Waals surface area contributed by atoms with Crippen LogP contribution in [0.4, 0.5) is 0 Å². The van der Waals surface area contributed by atoms with E-state index in [0.29, 0.717) is 12.1 Å². The first-order valence-electron chi connectivity index (χ1n) is 8.32. The molecule has 0 unspecified atom stereocenters. The number of benzene rings is 1. The van der Waals surface area contributed by atoms with Crippen LogP contribution in [0.3, 0.4) is 0 Å². The van der Waals surface area contributed by atoms with E-state index >= 15 is 0 Å². The molecule has 2 aromatic rings. The average Bonchev–Trinajstić information content (AvgIpc) is 3.24. The third-order valence-corrected chi connectivity index (χ3v) is 6.19. The number of hydrogen-bond acceptors (Lipinski definition) is 4. The minimum Gasteiger partial charge on any atom is -0.293 e. The molecule has 25 heavy (non-hydrogen) atoms. The number of aromatic nitrogens is 2. The molecule has 0 spiro atoms. The van der Waals surface area contributed by atoms with Crippen LogP contribution in [0.2, 0.25) is 0 Å². The Hall–Kier alpha value is -1.93. The number of rotatable bonds is 5. The summed E-state index contributed by atoms with van der Waals surface area (Å²) in [6, 6.07) is 4.36. The molecule has 1 aromatic carbocycles. The summed E-state index contributed by atoms with van der Waals surface area (Å²) >= 11 is 0. The Kier molecular flexibility index (Phi) is 4.15. The minimum absolute atomic E-state index is 0.0416. The number of nitrogens with one attached hydrogen (secondary N) is 1. The highest BCUT2D eigenvalue weighted by molar-refractivity contribution is 7.89. The van der Waals surface area contributed by atoms with Crippen LogP contribution in [0, 0.1) is 5.92 Å².